The monoisotopic (exact) mass is 428 g/mol. The third-order valence-corrected chi connectivity index (χ3v) is 7.59. The van der Waals surface area contributed by atoms with Crippen molar-refractivity contribution in [1.29, 1.82) is 0 Å². The van der Waals surface area contributed by atoms with Crippen LogP contribution < -0.4 is 14.8 Å². The van der Waals surface area contributed by atoms with E-state index < -0.39 is 0 Å². The zero-order valence-electron chi connectivity index (χ0n) is 19.2. The summed E-state index contributed by atoms with van der Waals surface area (Å²) >= 11 is 0. The van der Waals surface area contributed by atoms with E-state index in [-0.39, 0.29) is 12.0 Å². The molecule has 0 atom stereocenters. The van der Waals surface area contributed by atoms with Crippen molar-refractivity contribution in [3.63, 3.8) is 0 Å². The average molecular weight is 429 g/mol. The molecular weight excluding hydrogens is 388 g/mol. The van der Waals surface area contributed by atoms with E-state index in [9.17, 15) is 4.79 Å². The van der Waals surface area contributed by atoms with Crippen LogP contribution in [0.25, 0.3) is 0 Å². The minimum absolute atomic E-state index is 0.132. The summed E-state index contributed by atoms with van der Waals surface area (Å²) in [5, 5.41) is 3.46. The van der Waals surface area contributed by atoms with Crippen LogP contribution in [0.3, 0.4) is 0 Å². The van der Waals surface area contributed by atoms with E-state index in [1.165, 1.54) is 58.0 Å². The minimum Gasteiger partial charge on any atom is -0.493 e. The third-order valence-electron chi connectivity index (χ3n) is 7.59. The second kappa shape index (κ2) is 11.2. The van der Waals surface area contributed by atoms with Gasteiger partial charge in [0, 0.05) is 18.7 Å². The largest absolute Gasteiger partial charge is 0.493 e. The molecule has 0 unspecified atom stereocenters. The molecule has 2 aliphatic heterocycles. The van der Waals surface area contributed by atoms with Gasteiger partial charge in [0.2, 0.25) is 0 Å². The van der Waals surface area contributed by atoms with Gasteiger partial charge in [-0.3, -0.25) is 4.79 Å². The molecule has 0 bridgehead atoms. The van der Waals surface area contributed by atoms with Gasteiger partial charge in [0.1, 0.15) is 0 Å². The van der Waals surface area contributed by atoms with Crippen LogP contribution in [0.15, 0.2) is 18.2 Å². The number of ether oxygens (including phenoxy) is 2. The van der Waals surface area contributed by atoms with Crippen molar-refractivity contribution in [2.24, 2.45) is 11.8 Å². The molecule has 172 valence electrons. The Hall–Kier alpha value is -1.75. The lowest BCUT2D eigenvalue weighted by Crippen LogP contribution is -2.38. The number of rotatable bonds is 8. The molecule has 31 heavy (non-hydrogen) atoms. The van der Waals surface area contributed by atoms with E-state index in [0.717, 1.165) is 61.9 Å². The molecule has 1 aliphatic carbocycles. The van der Waals surface area contributed by atoms with Gasteiger partial charge in [0.25, 0.3) is 5.91 Å². The van der Waals surface area contributed by atoms with Crippen molar-refractivity contribution >= 4 is 5.91 Å². The summed E-state index contributed by atoms with van der Waals surface area (Å²) in [7, 11) is 1.66. The van der Waals surface area contributed by atoms with Gasteiger partial charge in [-0.1, -0.05) is 19.3 Å². The normalized spacial score (nSPS) is 21.4. The molecule has 0 aromatic heterocycles. The lowest BCUT2D eigenvalue weighted by molar-refractivity contribution is 0.0684. The Morgan fingerprint density at radius 1 is 0.968 bits per heavy atom. The smallest absolute Gasteiger partial charge is 0.253 e. The van der Waals surface area contributed by atoms with E-state index in [1.54, 1.807) is 7.11 Å². The number of nitrogens with zero attached hydrogens (tertiary/aromatic N) is 1. The van der Waals surface area contributed by atoms with Crippen LogP contribution in [0.5, 0.6) is 11.5 Å². The van der Waals surface area contributed by atoms with Crippen LogP contribution in [-0.4, -0.2) is 50.2 Å². The Labute approximate surface area is 187 Å². The molecule has 0 spiro atoms. The van der Waals surface area contributed by atoms with Crippen molar-refractivity contribution in [1.82, 2.24) is 10.2 Å². The van der Waals surface area contributed by atoms with Gasteiger partial charge in [0.05, 0.1) is 13.2 Å². The first-order chi connectivity index (χ1) is 15.2. The molecule has 1 amide bonds. The van der Waals surface area contributed by atoms with Crippen molar-refractivity contribution in [2.75, 3.05) is 33.3 Å². The summed E-state index contributed by atoms with van der Waals surface area (Å²) in [5.41, 5.74) is 0.721. The molecule has 1 saturated carbocycles. The van der Waals surface area contributed by atoms with Crippen molar-refractivity contribution < 1.29 is 14.3 Å². The van der Waals surface area contributed by atoms with Crippen LogP contribution in [0, 0.1) is 11.8 Å². The third kappa shape index (κ3) is 6.15. The van der Waals surface area contributed by atoms with Crippen molar-refractivity contribution in [3.8, 4) is 11.5 Å². The van der Waals surface area contributed by atoms with Gasteiger partial charge < -0.3 is 19.7 Å². The minimum atomic E-state index is 0.132. The molecular formula is C26H40N2O3. The number of hydrogen-bond donors (Lipinski definition) is 1. The zero-order chi connectivity index (χ0) is 21.5. The molecule has 2 heterocycles. The van der Waals surface area contributed by atoms with E-state index in [0.29, 0.717) is 5.75 Å². The van der Waals surface area contributed by atoms with Gasteiger partial charge in [-0.15, -0.1) is 0 Å². The second-order valence-electron chi connectivity index (χ2n) is 9.75. The number of piperidine rings is 2. The predicted molar refractivity (Wildman–Crippen MR) is 124 cm³/mol. The lowest BCUT2D eigenvalue weighted by Gasteiger charge is -2.32. The highest BCUT2D eigenvalue weighted by Gasteiger charge is 2.25. The molecule has 3 fully saturated rings. The number of likely N-dealkylation sites (tertiary alicyclic amines) is 1. The Morgan fingerprint density at radius 2 is 1.65 bits per heavy atom. The van der Waals surface area contributed by atoms with Gasteiger partial charge in [-0.05, 0) is 94.5 Å². The predicted octanol–water partition coefficient (Wildman–Crippen LogP) is 5.04. The molecule has 1 N–H and O–H groups in total. The molecule has 1 aromatic rings. The maximum Gasteiger partial charge on any atom is 0.253 e. The molecule has 3 aliphatic rings. The Kier molecular flexibility index (Phi) is 8.12. The highest BCUT2D eigenvalue weighted by atomic mass is 16.5. The number of amides is 1. The van der Waals surface area contributed by atoms with Gasteiger partial charge in [-0.2, -0.15) is 0 Å². The van der Waals surface area contributed by atoms with Crippen molar-refractivity contribution in [2.45, 2.75) is 76.7 Å². The van der Waals surface area contributed by atoms with Crippen LogP contribution in [0.1, 0.15) is 81.0 Å². The first-order valence-electron chi connectivity index (χ1n) is 12.6. The number of nitrogens with one attached hydrogen (secondary N) is 1. The zero-order valence-corrected chi connectivity index (χ0v) is 19.2. The van der Waals surface area contributed by atoms with Gasteiger partial charge >= 0.3 is 0 Å². The molecule has 1 aromatic carbocycles. The first kappa shape index (κ1) is 22.4. The summed E-state index contributed by atoms with van der Waals surface area (Å²) in [6.45, 7) is 4.15. The van der Waals surface area contributed by atoms with Crippen LogP contribution in [0.4, 0.5) is 0 Å². The first-order valence-corrected chi connectivity index (χ1v) is 12.6. The van der Waals surface area contributed by atoms with Crippen LogP contribution in [0.2, 0.25) is 0 Å². The van der Waals surface area contributed by atoms with E-state index in [2.05, 4.69) is 5.32 Å². The number of benzene rings is 1. The van der Waals surface area contributed by atoms with Crippen molar-refractivity contribution in [3.05, 3.63) is 23.8 Å². The maximum atomic E-state index is 13.1. The number of carbonyl (C=O) groups is 1. The average Bonchev–Trinajstić information content (AvgIpc) is 3.33. The quantitative estimate of drug-likeness (QED) is 0.630. The Bertz CT molecular complexity index is 703. The molecule has 0 radical (unpaired) electrons. The van der Waals surface area contributed by atoms with Gasteiger partial charge in [0.15, 0.2) is 11.5 Å². The van der Waals surface area contributed by atoms with E-state index >= 15 is 0 Å². The highest BCUT2D eigenvalue weighted by Crippen LogP contribution is 2.33. The fraction of sp³-hybridized carbons (Fsp3) is 0.731. The standard InChI is InChI=1S/C26H40N2O3/c1-30-24-10-9-22(19-25(24)31-23-7-2-3-8-23)26(29)28-17-13-21(14-18-28)6-4-5-20-11-15-27-16-12-20/h9-10,19-21,23,27H,2-8,11-18H2,1H3. The van der Waals surface area contributed by atoms with Crippen LogP contribution in [-0.2, 0) is 0 Å². The topological polar surface area (TPSA) is 50.8 Å². The number of methoxy groups -OCH3 is 1. The molecule has 5 heteroatoms. The number of hydrogen-bond acceptors (Lipinski definition) is 4. The summed E-state index contributed by atoms with van der Waals surface area (Å²) in [6, 6.07) is 5.66. The van der Waals surface area contributed by atoms with E-state index in [4.69, 9.17) is 9.47 Å². The second-order valence-corrected chi connectivity index (χ2v) is 9.75. The SMILES string of the molecule is COc1ccc(C(=O)N2CCC(CCCC3CCNCC3)CC2)cc1OC1CCCC1. The Balaban J connectivity index is 1.26. The van der Waals surface area contributed by atoms with Crippen LogP contribution >= 0.6 is 0 Å². The molecule has 5 nitrogen and oxygen atoms in total. The highest BCUT2D eigenvalue weighted by molar-refractivity contribution is 5.95. The molecule has 4 rings (SSSR count). The van der Waals surface area contributed by atoms with Gasteiger partial charge in [-0.25, -0.2) is 0 Å². The summed E-state index contributed by atoms with van der Waals surface area (Å²) in [6.07, 6.45) is 13.9. The summed E-state index contributed by atoms with van der Waals surface area (Å²) in [4.78, 5) is 15.2. The maximum absolute atomic E-state index is 13.1. The fourth-order valence-electron chi connectivity index (χ4n) is 5.56. The summed E-state index contributed by atoms with van der Waals surface area (Å²) in [5.74, 6) is 3.28. The fourth-order valence-corrected chi connectivity index (χ4v) is 5.56. The molecule has 2 saturated heterocycles. The number of carbonyl (C=O) groups excluding carboxylic acids is 1. The van der Waals surface area contributed by atoms with E-state index in [1.807, 2.05) is 23.1 Å². The summed E-state index contributed by atoms with van der Waals surface area (Å²) < 4.78 is 11.7. The lowest BCUT2D eigenvalue weighted by atomic mass is 9.87. The Morgan fingerprint density at radius 3 is 2.32 bits per heavy atom.